The fourth-order valence-electron chi connectivity index (χ4n) is 0. The van der Waals surface area contributed by atoms with E-state index >= 15 is 0 Å². The highest BCUT2D eigenvalue weighted by atomic mass is 16.9. The molecule has 0 aliphatic heterocycles. The van der Waals surface area contributed by atoms with Crippen LogP contribution in [0.2, 0.25) is 0 Å². The summed E-state index contributed by atoms with van der Waals surface area (Å²) in [7, 11) is 0. The Kier molecular flexibility index (Phi) is 160. The molecule has 84 valence electrons. The van der Waals surface area contributed by atoms with E-state index in [9.17, 15) is 0 Å². The molecular formula is C6H14N2O6. The van der Waals surface area contributed by atoms with Crippen LogP contribution in [0.15, 0.2) is 39.5 Å². The number of rotatable bonds is 0. The first kappa shape index (κ1) is 29.9. The molecule has 0 amide bonds. The molecule has 0 radical (unpaired) electrons. The second-order valence-electron chi connectivity index (χ2n) is 0.476. The Morgan fingerprint density at radius 3 is 0.714 bits per heavy atom. The van der Waals surface area contributed by atoms with Gasteiger partial charge in [0.05, 0.1) is 0 Å². The second-order valence-corrected chi connectivity index (χ2v) is 0.476. The molecule has 0 aliphatic rings. The molecule has 0 spiro atoms. The molecule has 0 rings (SSSR count). The van der Waals surface area contributed by atoms with Crippen LogP contribution in [0.25, 0.3) is 0 Å². The van der Waals surface area contributed by atoms with Gasteiger partial charge in [-0.15, -0.1) is 59.7 Å². The molecule has 2 N–H and O–H groups in total. The molecule has 0 heterocycles. The van der Waals surface area contributed by atoms with Gasteiger partial charge in [-0.1, -0.05) is 0 Å². The first-order valence-electron chi connectivity index (χ1n) is 2.63. The van der Waals surface area contributed by atoms with Gasteiger partial charge in [0, 0.05) is 0 Å². The minimum Gasteiger partial charge on any atom is -0.328 e. The molecule has 0 aromatic rings. The number of hydrogen-bond donors (Lipinski definition) is 2. The lowest BCUT2D eigenvalue weighted by Gasteiger charge is -1.56. The normalized spacial score (nSPS) is 4.29. The van der Waals surface area contributed by atoms with E-state index in [1.165, 1.54) is 0 Å². The van der Waals surface area contributed by atoms with Crippen molar-refractivity contribution in [3.63, 3.8) is 0 Å². The van der Waals surface area contributed by atoms with Crippen LogP contribution in [-0.4, -0.2) is 20.6 Å². The Morgan fingerprint density at radius 2 is 0.714 bits per heavy atom. The summed E-state index contributed by atoms with van der Waals surface area (Å²) >= 11 is 0. The maximum Gasteiger partial charge on any atom is 0.291 e. The van der Waals surface area contributed by atoms with Gasteiger partial charge in [-0.05, 0) is 0 Å². The third-order valence-corrected chi connectivity index (χ3v) is 0. The van der Waals surface area contributed by atoms with E-state index in [0.29, 0.717) is 0 Å². The van der Waals surface area contributed by atoms with E-state index in [4.69, 9.17) is 30.6 Å². The monoisotopic (exact) mass is 210 g/mol. The SMILES string of the molecule is C=C.C=C.C=C.O=[N+]([O-])O.O=[N+]([O-])O. The highest BCUT2D eigenvalue weighted by Crippen LogP contribution is 1.38. The zero-order valence-electron chi connectivity index (χ0n) is 7.66. The van der Waals surface area contributed by atoms with Crippen molar-refractivity contribution < 1.29 is 20.6 Å². The van der Waals surface area contributed by atoms with Crippen molar-refractivity contribution in [1.82, 2.24) is 0 Å². The minimum absolute atomic E-state index is 1.50. The van der Waals surface area contributed by atoms with Gasteiger partial charge in [-0.3, -0.25) is 0 Å². The van der Waals surface area contributed by atoms with Crippen molar-refractivity contribution in [2.24, 2.45) is 0 Å². The molecule has 0 fully saturated rings. The summed E-state index contributed by atoms with van der Waals surface area (Å²) in [5, 5.41) is 27.3. The lowest BCUT2D eigenvalue weighted by Crippen LogP contribution is -1.81. The second kappa shape index (κ2) is 75.0. The molecule has 8 heteroatoms. The zero-order valence-corrected chi connectivity index (χ0v) is 7.66. The van der Waals surface area contributed by atoms with Gasteiger partial charge < -0.3 is 10.4 Å². The van der Waals surface area contributed by atoms with Gasteiger partial charge in [0.2, 0.25) is 0 Å². The molecular weight excluding hydrogens is 196 g/mol. The quantitative estimate of drug-likeness (QED) is 0.356. The zero-order chi connectivity index (χ0) is 13.2. The van der Waals surface area contributed by atoms with E-state index in [1.54, 1.807) is 0 Å². The van der Waals surface area contributed by atoms with Crippen LogP contribution in [0, 0.1) is 20.2 Å². The summed E-state index contributed by atoms with van der Waals surface area (Å²) < 4.78 is 0. The van der Waals surface area contributed by atoms with E-state index in [2.05, 4.69) is 39.5 Å². The summed E-state index contributed by atoms with van der Waals surface area (Å²) in [6.07, 6.45) is 0. The Morgan fingerprint density at radius 1 is 0.714 bits per heavy atom. The third-order valence-electron chi connectivity index (χ3n) is 0. The first-order chi connectivity index (χ1) is 6.46. The molecule has 0 saturated carbocycles. The lowest BCUT2D eigenvalue weighted by molar-refractivity contribution is -0.742. The molecule has 0 aromatic heterocycles. The highest BCUT2D eigenvalue weighted by molar-refractivity contribution is 4.22. The molecule has 0 aliphatic carbocycles. The van der Waals surface area contributed by atoms with Gasteiger partial charge in [0.1, 0.15) is 0 Å². The molecule has 0 unspecified atom stereocenters. The smallest absolute Gasteiger partial charge is 0.291 e. The Labute approximate surface area is 81.3 Å². The minimum atomic E-state index is -1.50. The highest BCUT2D eigenvalue weighted by Gasteiger charge is 1.65. The summed E-state index contributed by atoms with van der Waals surface area (Å²) in [4.78, 5) is 16.7. The molecule has 0 bridgehead atoms. The summed E-state index contributed by atoms with van der Waals surface area (Å²) in [5.74, 6) is 0. The molecule has 14 heavy (non-hydrogen) atoms. The predicted octanol–water partition coefficient (Wildman–Crippen LogP) is 1.71. The van der Waals surface area contributed by atoms with E-state index in [-0.39, 0.29) is 0 Å². The van der Waals surface area contributed by atoms with E-state index < -0.39 is 10.2 Å². The predicted molar refractivity (Wildman–Crippen MR) is 51.3 cm³/mol. The van der Waals surface area contributed by atoms with Crippen LogP contribution in [-0.2, 0) is 0 Å². The van der Waals surface area contributed by atoms with Crippen LogP contribution < -0.4 is 0 Å². The number of nitrogens with zero attached hydrogens (tertiary/aromatic N) is 2. The largest absolute Gasteiger partial charge is 0.328 e. The van der Waals surface area contributed by atoms with Gasteiger partial charge in [-0.25, -0.2) is 0 Å². The molecule has 0 saturated heterocycles. The van der Waals surface area contributed by atoms with Crippen molar-refractivity contribution in [3.05, 3.63) is 59.7 Å². The van der Waals surface area contributed by atoms with Crippen LogP contribution in [0.1, 0.15) is 0 Å². The standard InChI is InChI=1S/3C2H4.2HNO3/c3*1-2;2*2-1(3)4/h3*1-2H2;2*(H,2,3,4). The van der Waals surface area contributed by atoms with Crippen LogP contribution >= 0.6 is 0 Å². The van der Waals surface area contributed by atoms with Crippen molar-refractivity contribution in [2.45, 2.75) is 0 Å². The van der Waals surface area contributed by atoms with Gasteiger partial charge in [-0.2, -0.15) is 0 Å². The Hall–Kier alpha value is -2.38. The molecule has 0 atom stereocenters. The van der Waals surface area contributed by atoms with Gasteiger partial charge >= 0.3 is 0 Å². The average molecular weight is 210 g/mol. The Bertz CT molecular complexity index is 105. The summed E-state index contributed by atoms with van der Waals surface area (Å²) in [5.41, 5.74) is 0. The van der Waals surface area contributed by atoms with Crippen LogP contribution in [0.5, 0.6) is 0 Å². The van der Waals surface area contributed by atoms with Crippen LogP contribution in [0.4, 0.5) is 0 Å². The van der Waals surface area contributed by atoms with Gasteiger partial charge in [0.15, 0.2) is 0 Å². The molecule has 0 aromatic carbocycles. The van der Waals surface area contributed by atoms with E-state index in [1.807, 2.05) is 0 Å². The van der Waals surface area contributed by atoms with Crippen molar-refractivity contribution >= 4 is 0 Å². The van der Waals surface area contributed by atoms with Gasteiger partial charge in [0.25, 0.3) is 10.2 Å². The van der Waals surface area contributed by atoms with Crippen molar-refractivity contribution in [1.29, 1.82) is 0 Å². The topological polar surface area (TPSA) is 127 Å². The fourth-order valence-corrected chi connectivity index (χ4v) is 0. The average Bonchev–Trinajstić information content (AvgIpc) is 2.12. The fraction of sp³-hybridized carbons (Fsp3) is 0. The first-order valence-corrected chi connectivity index (χ1v) is 2.63. The molecule has 8 nitrogen and oxygen atoms in total. The summed E-state index contributed by atoms with van der Waals surface area (Å²) in [6.45, 7) is 18.0. The summed E-state index contributed by atoms with van der Waals surface area (Å²) in [6, 6.07) is 0. The van der Waals surface area contributed by atoms with Crippen molar-refractivity contribution in [2.75, 3.05) is 0 Å². The van der Waals surface area contributed by atoms with E-state index in [0.717, 1.165) is 0 Å². The maximum atomic E-state index is 8.36. The maximum absolute atomic E-state index is 8.36. The van der Waals surface area contributed by atoms with Crippen LogP contribution in [0.3, 0.4) is 0 Å². The number of hydrogen-bond acceptors (Lipinski definition) is 4. The lowest BCUT2D eigenvalue weighted by atomic mass is 11.3. The Balaban J connectivity index is -0.0000000255. The third kappa shape index (κ3) is 126. The van der Waals surface area contributed by atoms with Crippen molar-refractivity contribution in [3.8, 4) is 0 Å².